The van der Waals surface area contributed by atoms with Crippen LogP contribution in [0.2, 0.25) is 5.02 Å². The van der Waals surface area contributed by atoms with Crippen molar-refractivity contribution in [1.82, 2.24) is 19.4 Å². The summed E-state index contributed by atoms with van der Waals surface area (Å²) in [5.41, 5.74) is 6.33. The molecule has 1 saturated carbocycles. The van der Waals surface area contributed by atoms with E-state index in [0.29, 0.717) is 22.2 Å². The Morgan fingerprint density at radius 1 is 1.00 bits per heavy atom. The van der Waals surface area contributed by atoms with Gasteiger partial charge in [-0.3, -0.25) is 9.36 Å². The number of nitrogens with zero attached hydrogens (tertiary/aromatic N) is 5. The molecule has 1 aliphatic carbocycles. The molecule has 4 aromatic rings. The van der Waals surface area contributed by atoms with E-state index in [4.69, 9.17) is 16.6 Å². The van der Waals surface area contributed by atoms with Crippen molar-refractivity contribution in [2.24, 2.45) is 0 Å². The zero-order chi connectivity index (χ0) is 27.1. The average molecular weight is 543 g/mol. The molecule has 0 spiro atoms. The van der Waals surface area contributed by atoms with Gasteiger partial charge in [-0.05, 0) is 69.1 Å². The van der Waals surface area contributed by atoms with E-state index in [9.17, 15) is 4.79 Å². The van der Waals surface area contributed by atoms with Crippen LogP contribution in [-0.4, -0.2) is 52.7 Å². The molecule has 0 radical (unpaired) electrons. The van der Waals surface area contributed by atoms with Crippen molar-refractivity contribution in [2.75, 3.05) is 43.4 Å². The molecule has 0 atom stereocenters. The third-order valence-corrected chi connectivity index (χ3v) is 8.67. The lowest BCUT2D eigenvalue weighted by molar-refractivity contribution is 0.312. The quantitative estimate of drug-likeness (QED) is 0.317. The maximum Gasteiger partial charge on any atom is 0.260 e. The van der Waals surface area contributed by atoms with Gasteiger partial charge in [-0.25, -0.2) is 4.98 Å². The minimum atomic E-state index is -0.0305. The summed E-state index contributed by atoms with van der Waals surface area (Å²) in [6.07, 6.45) is 6.02. The first kappa shape index (κ1) is 25.8. The van der Waals surface area contributed by atoms with Crippen molar-refractivity contribution >= 4 is 40.0 Å². The molecule has 3 heterocycles. The molecule has 7 nitrogen and oxygen atoms in total. The normalized spacial score (nSPS) is 16.8. The van der Waals surface area contributed by atoms with Crippen molar-refractivity contribution in [3.63, 3.8) is 0 Å². The first-order chi connectivity index (χ1) is 18.9. The first-order valence-electron chi connectivity index (χ1n) is 13.9. The maximum absolute atomic E-state index is 14.1. The molecule has 2 fully saturated rings. The minimum absolute atomic E-state index is 0.0305. The van der Waals surface area contributed by atoms with Crippen LogP contribution in [0.5, 0.6) is 0 Å². The SMILES string of the molecule is Cc1cc(Nc2ncc3c(C)c(-c4ccccc4Cl)c(=O)n(C4CCCC4)c3n2)ccc1N1CCN(C)CC1. The Morgan fingerprint density at radius 2 is 1.74 bits per heavy atom. The summed E-state index contributed by atoms with van der Waals surface area (Å²) in [7, 11) is 2.17. The molecular weight excluding hydrogens is 508 g/mol. The molecule has 1 aliphatic heterocycles. The van der Waals surface area contributed by atoms with Crippen LogP contribution in [0, 0.1) is 13.8 Å². The number of aryl methyl sites for hydroxylation is 2. The van der Waals surface area contributed by atoms with E-state index >= 15 is 0 Å². The summed E-state index contributed by atoms with van der Waals surface area (Å²) in [4.78, 5) is 28.5. The highest BCUT2D eigenvalue weighted by atomic mass is 35.5. The molecule has 0 unspecified atom stereocenters. The Labute approximate surface area is 234 Å². The van der Waals surface area contributed by atoms with Crippen LogP contribution >= 0.6 is 11.6 Å². The highest BCUT2D eigenvalue weighted by Gasteiger charge is 2.26. The predicted octanol–water partition coefficient (Wildman–Crippen LogP) is 6.34. The number of anilines is 3. The summed E-state index contributed by atoms with van der Waals surface area (Å²) >= 11 is 6.57. The Bertz CT molecular complexity index is 1580. The predicted molar refractivity (Wildman–Crippen MR) is 161 cm³/mol. The third kappa shape index (κ3) is 4.90. The molecule has 2 aliphatic rings. The lowest BCUT2D eigenvalue weighted by atomic mass is 9.99. The monoisotopic (exact) mass is 542 g/mol. The van der Waals surface area contributed by atoms with Gasteiger partial charge in [0.05, 0.1) is 5.56 Å². The van der Waals surface area contributed by atoms with Crippen LogP contribution in [0.1, 0.15) is 42.9 Å². The second kappa shape index (κ2) is 10.6. The fourth-order valence-electron chi connectivity index (χ4n) is 6.14. The summed E-state index contributed by atoms with van der Waals surface area (Å²) in [6, 6.07) is 14.1. The number of pyridine rings is 1. The number of hydrogen-bond donors (Lipinski definition) is 1. The van der Waals surface area contributed by atoms with Gasteiger partial charge in [0, 0.05) is 65.8 Å². The van der Waals surface area contributed by atoms with Gasteiger partial charge in [0.1, 0.15) is 5.65 Å². The Kier molecular flexibility index (Phi) is 7.04. The number of benzene rings is 2. The molecule has 6 rings (SSSR count). The smallest absolute Gasteiger partial charge is 0.260 e. The van der Waals surface area contributed by atoms with Gasteiger partial charge in [-0.2, -0.15) is 4.98 Å². The summed E-state index contributed by atoms with van der Waals surface area (Å²) < 4.78 is 1.91. The lowest BCUT2D eigenvalue weighted by Crippen LogP contribution is -2.44. The van der Waals surface area contributed by atoms with Crippen LogP contribution in [0.25, 0.3) is 22.2 Å². The van der Waals surface area contributed by atoms with Crippen molar-refractivity contribution in [3.8, 4) is 11.1 Å². The van der Waals surface area contributed by atoms with Crippen molar-refractivity contribution in [3.05, 3.63) is 75.2 Å². The Hall–Kier alpha value is -3.42. The molecule has 202 valence electrons. The van der Waals surface area contributed by atoms with E-state index in [-0.39, 0.29) is 11.6 Å². The molecule has 2 aromatic heterocycles. The number of rotatable bonds is 5. The Morgan fingerprint density at radius 3 is 2.46 bits per heavy atom. The van der Waals surface area contributed by atoms with Gasteiger partial charge in [0.15, 0.2) is 0 Å². The van der Waals surface area contributed by atoms with E-state index in [2.05, 4.69) is 52.3 Å². The average Bonchev–Trinajstić information content (AvgIpc) is 3.45. The van der Waals surface area contributed by atoms with Gasteiger partial charge in [-0.15, -0.1) is 0 Å². The van der Waals surface area contributed by atoms with Gasteiger partial charge >= 0.3 is 0 Å². The van der Waals surface area contributed by atoms with E-state index in [1.165, 1.54) is 11.3 Å². The third-order valence-electron chi connectivity index (χ3n) is 8.34. The molecule has 2 aromatic carbocycles. The van der Waals surface area contributed by atoms with E-state index in [1.807, 2.05) is 42.0 Å². The lowest BCUT2D eigenvalue weighted by Gasteiger charge is -2.35. The number of hydrogen-bond acceptors (Lipinski definition) is 6. The molecule has 39 heavy (non-hydrogen) atoms. The zero-order valence-electron chi connectivity index (χ0n) is 22.9. The molecule has 0 bridgehead atoms. The van der Waals surface area contributed by atoms with Gasteiger partial charge in [0.2, 0.25) is 5.95 Å². The van der Waals surface area contributed by atoms with Crippen LogP contribution in [0.15, 0.2) is 53.5 Å². The van der Waals surface area contributed by atoms with Crippen LogP contribution < -0.4 is 15.8 Å². The van der Waals surface area contributed by atoms with Crippen molar-refractivity contribution < 1.29 is 0 Å². The fourth-order valence-corrected chi connectivity index (χ4v) is 6.37. The summed E-state index contributed by atoms with van der Waals surface area (Å²) in [5.74, 6) is 0.491. The fraction of sp³-hybridized carbons (Fsp3) is 0.387. The molecule has 1 saturated heterocycles. The minimum Gasteiger partial charge on any atom is -0.369 e. The molecule has 0 amide bonds. The molecular formula is C31H35ClN6O. The number of aromatic nitrogens is 3. The van der Waals surface area contributed by atoms with E-state index < -0.39 is 0 Å². The molecule has 1 N–H and O–H groups in total. The van der Waals surface area contributed by atoms with E-state index in [1.54, 1.807) is 0 Å². The van der Waals surface area contributed by atoms with Crippen LogP contribution in [0.3, 0.4) is 0 Å². The van der Waals surface area contributed by atoms with E-state index in [0.717, 1.165) is 74.1 Å². The topological polar surface area (TPSA) is 66.3 Å². The van der Waals surface area contributed by atoms with Gasteiger partial charge in [-0.1, -0.05) is 42.6 Å². The Balaban J connectivity index is 1.40. The van der Waals surface area contributed by atoms with Crippen molar-refractivity contribution in [1.29, 1.82) is 0 Å². The number of halogens is 1. The largest absolute Gasteiger partial charge is 0.369 e. The number of piperazine rings is 1. The second-order valence-electron chi connectivity index (χ2n) is 10.9. The van der Waals surface area contributed by atoms with Crippen molar-refractivity contribution in [2.45, 2.75) is 45.6 Å². The highest BCUT2D eigenvalue weighted by Crippen LogP contribution is 2.36. The molecule has 8 heteroatoms. The standard InChI is InChI=1S/C31H35ClN6O/c1-20-18-22(12-13-27(20)37-16-14-36(3)15-17-37)34-31-33-19-25-21(2)28(24-10-6-7-11-26(24)32)30(39)38(29(25)35-31)23-8-4-5-9-23/h6-7,10-13,18-19,23H,4-5,8-9,14-17H2,1-3H3,(H,33,34,35). The number of fused-ring (bicyclic) bond motifs is 1. The maximum atomic E-state index is 14.1. The first-order valence-corrected chi connectivity index (χ1v) is 14.3. The summed E-state index contributed by atoms with van der Waals surface area (Å²) in [6.45, 7) is 8.34. The zero-order valence-corrected chi connectivity index (χ0v) is 23.6. The van der Waals surface area contributed by atoms with Gasteiger partial charge in [0.25, 0.3) is 5.56 Å². The number of nitrogens with one attached hydrogen (secondary N) is 1. The van der Waals surface area contributed by atoms with Crippen LogP contribution in [-0.2, 0) is 0 Å². The van der Waals surface area contributed by atoms with Crippen LogP contribution in [0.4, 0.5) is 17.3 Å². The highest BCUT2D eigenvalue weighted by molar-refractivity contribution is 6.33. The number of likely N-dealkylation sites (N-methyl/N-ethyl adjacent to an activating group) is 1. The van der Waals surface area contributed by atoms with Gasteiger partial charge < -0.3 is 15.1 Å². The second-order valence-corrected chi connectivity index (χ2v) is 11.3. The summed E-state index contributed by atoms with van der Waals surface area (Å²) in [5, 5.41) is 4.85.